The van der Waals surface area contributed by atoms with Crippen molar-refractivity contribution in [3.8, 4) is 5.75 Å². The van der Waals surface area contributed by atoms with E-state index in [1.807, 2.05) is 0 Å². The van der Waals surface area contributed by atoms with E-state index in [1.54, 1.807) is 12.1 Å². The smallest absolute Gasteiger partial charge is 0.341 e. The van der Waals surface area contributed by atoms with Crippen molar-refractivity contribution >= 4 is 21.7 Å². The first-order chi connectivity index (χ1) is 8.99. The number of nitrogens with zero attached hydrogens (tertiary/aromatic N) is 1. The molecule has 0 bridgehead atoms. The Bertz CT molecular complexity index is 596. The van der Waals surface area contributed by atoms with Crippen LogP contribution in [0.3, 0.4) is 0 Å². The van der Waals surface area contributed by atoms with E-state index < -0.39 is 16.0 Å². The second kappa shape index (κ2) is 5.08. The van der Waals surface area contributed by atoms with Gasteiger partial charge in [0.1, 0.15) is 11.3 Å². The van der Waals surface area contributed by atoms with Crippen molar-refractivity contribution in [3.63, 3.8) is 0 Å². The van der Waals surface area contributed by atoms with Gasteiger partial charge < -0.3 is 9.47 Å². The van der Waals surface area contributed by atoms with Crippen LogP contribution >= 0.6 is 0 Å². The molecule has 1 aliphatic heterocycles. The van der Waals surface area contributed by atoms with E-state index in [4.69, 9.17) is 4.74 Å². The van der Waals surface area contributed by atoms with Gasteiger partial charge in [0.05, 0.1) is 25.7 Å². The molecule has 104 valence electrons. The maximum absolute atomic E-state index is 11.8. The second-order valence-corrected chi connectivity index (χ2v) is 6.13. The second-order valence-electron chi connectivity index (χ2n) is 4.12. The first kappa shape index (κ1) is 13.7. The number of hydrogen-bond acceptors (Lipinski definition) is 5. The number of methoxy groups -OCH3 is 2. The van der Waals surface area contributed by atoms with E-state index in [-0.39, 0.29) is 11.3 Å². The first-order valence-electron chi connectivity index (χ1n) is 5.76. The van der Waals surface area contributed by atoms with Gasteiger partial charge in [0.2, 0.25) is 10.0 Å². The van der Waals surface area contributed by atoms with Gasteiger partial charge >= 0.3 is 5.97 Å². The molecular weight excluding hydrogens is 270 g/mol. The Morgan fingerprint density at radius 1 is 1.32 bits per heavy atom. The number of sulfonamides is 1. The summed E-state index contributed by atoms with van der Waals surface area (Å²) < 4.78 is 34.7. The van der Waals surface area contributed by atoms with Gasteiger partial charge in [0.15, 0.2) is 0 Å². The Morgan fingerprint density at radius 2 is 2.05 bits per heavy atom. The summed E-state index contributed by atoms with van der Waals surface area (Å²) in [5, 5.41) is 0. The fourth-order valence-electron chi connectivity index (χ4n) is 2.05. The van der Waals surface area contributed by atoms with Crippen LogP contribution in [-0.4, -0.2) is 40.9 Å². The summed E-state index contributed by atoms with van der Waals surface area (Å²) in [6, 6.07) is 4.66. The molecule has 1 saturated heterocycles. The summed E-state index contributed by atoms with van der Waals surface area (Å²) in [5.41, 5.74) is 0.670. The minimum Gasteiger partial charge on any atom is -0.496 e. The normalized spacial score (nSPS) is 17.3. The summed E-state index contributed by atoms with van der Waals surface area (Å²) >= 11 is 0. The number of ether oxygens (including phenoxy) is 2. The molecule has 0 N–H and O–H groups in total. The highest BCUT2D eigenvalue weighted by molar-refractivity contribution is 7.93. The van der Waals surface area contributed by atoms with Gasteiger partial charge in [-0.2, -0.15) is 0 Å². The first-order valence-corrected chi connectivity index (χ1v) is 7.37. The predicted octanol–water partition coefficient (Wildman–Crippen LogP) is 1.02. The van der Waals surface area contributed by atoms with Gasteiger partial charge in [-0.25, -0.2) is 13.2 Å². The van der Waals surface area contributed by atoms with E-state index in [2.05, 4.69) is 4.74 Å². The van der Waals surface area contributed by atoms with Gasteiger partial charge in [0, 0.05) is 6.54 Å². The van der Waals surface area contributed by atoms with Gasteiger partial charge in [-0.15, -0.1) is 0 Å². The minimum atomic E-state index is -3.27. The molecule has 1 aromatic rings. The van der Waals surface area contributed by atoms with Crippen molar-refractivity contribution in [2.24, 2.45) is 0 Å². The van der Waals surface area contributed by atoms with Crippen LogP contribution in [0, 0.1) is 0 Å². The van der Waals surface area contributed by atoms with E-state index in [9.17, 15) is 13.2 Å². The molecule has 6 nitrogen and oxygen atoms in total. The van der Waals surface area contributed by atoms with E-state index >= 15 is 0 Å². The van der Waals surface area contributed by atoms with Crippen molar-refractivity contribution in [3.05, 3.63) is 23.8 Å². The molecule has 19 heavy (non-hydrogen) atoms. The molecular formula is C12H15NO5S. The lowest BCUT2D eigenvalue weighted by atomic mass is 10.1. The fourth-order valence-corrected chi connectivity index (χ4v) is 3.61. The number of esters is 1. The third-order valence-electron chi connectivity index (χ3n) is 2.98. The van der Waals surface area contributed by atoms with Gasteiger partial charge in [-0.1, -0.05) is 0 Å². The average molecular weight is 285 g/mol. The molecule has 0 atom stereocenters. The third kappa shape index (κ3) is 2.51. The molecule has 0 aliphatic carbocycles. The van der Waals surface area contributed by atoms with Gasteiger partial charge in [-0.05, 0) is 24.6 Å². The van der Waals surface area contributed by atoms with Crippen LogP contribution in [0.15, 0.2) is 18.2 Å². The van der Waals surface area contributed by atoms with Crippen molar-refractivity contribution < 1.29 is 22.7 Å². The highest BCUT2D eigenvalue weighted by atomic mass is 32.2. The standard InChI is InChI=1S/C12H15NO5S/c1-17-11-5-4-9(8-10(11)12(14)18-2)13-6-3-7-19(13,15)16/h4-5,8H,3,6-7H2,1-2H3. The number of carbonyl (C=O) groups is 1. The van der Waals surface area contributed by atoms with Crippen LogP contribution in [0.4, 0.5) is 5.69 Å². The van der Waals surface area contributed by atoms with Crippen molar-refractivity contribution in [1.82, 2.24) is 0 Å². The minimum absolute atomic E-state index is 0.132. The number of benzene rings is 1. The van der Waals surface area contributed by atoms with Crippen LogP contribution in [0.25, 0.3) is 0 Å². The molecule has 0 spiro atoms. The van der Waals surface area contributed by atoms with Crippen LogP contribution in [-0.2, 0) is 14.8 Å². The van der Waals surface area contributed by atoms with Crippen molar-refractivity contribution in [2.75, 3.05) is 30.8 Å². The van der Waals surface area contributed by atoms with E-state index in [1.165, 1.54) is 24.6 Å². The lowest BCUT2D eigenvalue weighted by molar-refractivity contribution is 0.0597. The Labute approximate surface area is 112 Å². The van der Waals surface area contributed by atoms with Gasteiger partial charge in [-0.3, -0.25) is 4.31 Å². The summed E-state index contributed by atoms with van der Waals surface area (Å²) in [5.74, 6) is -0.0745. The number of carbonyl (C=O) groups excluding carboxylic acids is 1. The molecule has 0 amide bonds. The third-order valence-corrected chi connectivity index (χ3v) is 4.85. The Morgan fingerprint density at radius 3 is 2.58 bits per heavy atom. The molecule has 0 radical (unpaired) electrons. The number of hydrogen-bond donors (Lipinski definition) is 0. The maximum atomic E-state index is 11.8. The van der Waals surface area contributed by atoms with E-state index in [0.29, 0.717) is 24.4 Å². The van der Waals surface area contributed by atoms with Crippen LogP contribution < -0.4 is 9.04 Å². The molecule has 1 aliphatic rings. The summed E-state index contributed by atoms with van der Waals surface area (Å²) in [7, 11) is -0.565. The Hall–Kier alpha value is -1.76. The molecule has 2 rings (SSSR count). The lowest BCUT2D eigenvalue weighted by Gasteiger charge is -2.18. The quantitative estimate of drug-likeness (QED) is 0.775. The van der Waals surface area contributed by atoms with Crippen LogP contribution in [0.1, 0.15) is 16.8 Å². The van der Waals surface area contributed by atoms with Crippen LogP contribution in [0.2, 0.25) is 0 Å². The van der Waals surface area contributed by atoms with Gasteiger partial charge in [0.25, 0.3) is 0 Å². The number of anilines is 1. The Kier molecular flexibility index (Phi) is 3.66. The fraction of sp³-hybridized carbons (Fsp3) is 0.417. The number of rotatable bonds is 3. The zero-order valence-corrected chi connectivity index (χ0v) is 11.6. The van der Waals surface area contributed by atoms with Crippen molar-refractivity contribution in [2.45, 2.75) is 6.42 Å². The average Bonchev–Trinajstić information content (AvgIpc) is 2.76. The molecule has 1 fully saturated rings. The summed E-state index contributed by atoms with van der Waals surface area (Å²) in [4.78, 5) is 11.7. The maximum Gasteiger partial charge on any atom is 0.341 e. The molecule has 0 unspecified atom stereocenters. The molecule has 7 heteroatoms. The summed E-state index contributed by atoms with van der Waals surface area (Å²) in [6.45, 7) is 0.426. The summed E-state index contributed by atoms with van der Waals surface area (Å²) in [6.07, 6.45) is 0.585. The molecule has 1 aromatic carbocycles. The van der Waals surface area contributed by atoms with Crippen LogP contribution in [0.5, 0.6) is 5.75 Å². The lowest BCUT2D eigenvalue weighted by Crippen LogP contribution is -2.25. The Balaban J connectivity index is 2.46. The largest absolute Gasteiger partial charge is 0.496 e. The predicted molar refractivity (Wildman–Crippen MR) is 70.1 cm³/mol. The molecule has 0 saturated carbocycles. The SMILES string of the molecule is COC(=O)c1cc(N2CCCS2(=O)=O)ccc1OC. The zero-order chi connectivity index (χ0) is 14.0. The molecule has 0 aromatic heterocycles. The highest BCUT2D eigenvalue weighted by Gasteiger charge is 2.29. The van der Waals surface area contributed by atoms with Crippen molar-refractivity contribution in [1.29, 1.82) is 0 Å². The highest BCUT2D eigenvalue weighted by Crippen LogP contribution is 2.29. The monoisotopic (exact) mass is 285 g/mol. The zero-order valence-electron chi connectivity index (χ0n) is 10.8. The van der Waals surface area contributed by atoms with E-state index in [0.717, 1.165) is 0 Å². The topological polar surface area (TPSA) is 72.9 Å². The molecule has 1 heterocycles.